The van der Waals surface area contributed by atoms with E-state index in [1.54, 1.807) is 5.32 Å². The van der Waals surface area contributed by atoms with Crippen LogP contribution in [-0.2, 0) is 4.79 Å². The number of carbonyl (C=O) groups excluding carboxylic acids is 2. The third kappa shape index (κ3) is 5.72. The predicted octanol–water partition coefficient (Wildman–Crippen LogP) is 3.11. The molecule has 8 heteroatoms. The number of carbonyl (C=O) groups is 2. The van der Waals surface area contributed by atoms with Gasteiger partial charge < -0.3 is 16.0 Å². The number of alkyl halides is 3. The van der Waals surface area contributed by atoms with Gasteiger partial charge in [0.25, 0.3) is 0 Å². The summed E-state index contributed by atoms with van der Waals surface area (Å²) in [6.45, 7) is 3.76. The Morgan fingerprint density at radius 2 is 1.57 bits per heavy atom. The Balaban J connectivity index is 2.58. The first-order valence-corrected chi connectivity index (χ1v) is 6.28. The lowest BCUT2D eigenvalue weighted by atomic mass is 10.2. The van der Waals surface area contributed by atoms with Crippen molar-refractivity contribution in [3.63, 3.8) is 0 Å². The van der Waals surface area contributed by atoms with Gasteiger partial charge in [-0.1, -0.05) is 6.92 Å². The van der Waals surface area contributed by atoms with Crippen LogP contribution in [0.2, 0.25) is 0 Å². The van der Waals surface area contributed by atoms with Gasteiger partial charge in [-0.3, -0.25) is 4.79 Å². The van der Waals surface area contributed by atoms with Crippen molar-refractivity contribution < 1.29 is 22.8 Å². The normalized spacial score (nSPS) is 12.4. The van der Waals surface area contributed by atoms with Crippen molar-refractivity contribution >= 4 is 23.3 Å². The summed E-state index contributed by atoms with van der Waals surface area (Å²) in [5.74, 6) is -2.04. The predicted molar refractivity (Wildman–Crippen MR) is 73.0 cm³/mol. The fourth-order valence-electron chi connectivity index (χ4n) is 1.33. The van der Waals surface area contributed by atoms with E-state index >= 15 is 0 Å². The van der Waals surface area contributed by atoms with Gasteiger partial charge in [-0.2, -0.15) is 13.2 Å². The summed E-state index contributed by atoms with van der Waals surface area (Å²) >= 11 is 0. The zero-order valence-electron chi connectivity index (χ0n) is 11.5. The van der Waals surface area contributed by atoms with Gasteiger partial charge in [0.2, 0.25) is 0 Å². The Hall–Kier alpha value is -2.25. The fourth-order valence-corrected chi connectivity index (χ4v) is 1.33. The molecule has 0 aromatic heterocycles. The molecule has 3 amide bonds. The molecule has 0 heterocycles. The van der Waals surface area contributed by atoms with Crippen LogP contribution in [0.25, 0.3) is 0 Å². The first-order chi connectivity index (χ1) is 9.72. The maximum atomic E-state index is 12.1. The molecule has 3 N–H and O–H groups in total. The second-order valence-electron chi connectivity index (χ2n) is 4.44. The summed E-state index contributed by atoms with van der Waals surface area (Å²) in [6.07, 6.45) is -4.16. The molecule has 0 aliphatic heterocycles. The molecule has 5 nitrogen and oxygen atoms in total. The van der Waals surface area contributed by atoms with Crippen LogP contribution in [0.15, 0.2) is 24.3 Å². The summed E-state index contributed by atoms with van der Waals surface area (Å²) in [5, 5.41) is 6.92. The van der Waals surface area contributed by atoms with Crippen LogP contribution in [0.5, 0.6) is 0 Å². The SMILES string of the molecule is CCC(C)NC(=O)Nc1ccc(NC(=O)C(F)(F)F)cc1. The second-order valence-corrected chi connectivity index (χ2v) is 4.44. The Bertz CT molecular complexity index is 500. The maximum absolute atomic E-state index is 12.1. The van der Waals surface area contributed by atoms with Crippen LogP contribution in [0.3, 0.4) is 0 Å². The van der Waals surface area contributed by atoms with Crippen molar-refractivity contribution in [1.29, 1.82) is 0 Å². The molecule has 0 bridgehead atoms. The van der Waals surface area contributed by atoms with Crippen LogP contribution in [0.1, 0.15) is 20.3 Å². The maximum Gasteiger partial charge on any atom is 0.471 e. The molecule has 0 saturated carbocycles. The van der Waals surface area contributed by atoms with Gasteiger partial charge in [-0.25, -0.2) is 4.79 Å². The standard InChI is InChI=1S/C13H16F3N3O2/c1-3-8(2)17-12(21)19-10-6-4-9(5-7-10)18-11(20)13(14,15)16/h4-8H,3H2,1-2H3,(H,18,20)(H2,17,19,21). The highest BCUT2D eigenvalue weighted by Crippen LogP contribution is 2.19. The molecule has 1 rings (SSSR count). The number of hydrogen-bond donors (Lipinski definition) is 3. The van der Waals surface area contributed by atoms with Crippen molar-refractivity contribution in [2.45, 2.75) is 32.5 Å². The molecule has 0 radical (unpaired) electrons. The van der Waals surface area contributed by atoms with Gasteiger partial charge in [-0.15, -0.1) is 0 Å². The van der Waals surface area contributed by atoms with E-state index in [1.807, 2.05) is 13.8 Å². The van der Waals surface area contributed by atoms with E-state index in [2.05, 4.69) is 10.6 Å². The van der Waals surface area contributed by atoms with Gasteiger partial charge in [0.05, 0.1) is 0 Å². The summed E-state index contributed by atoms with van der Waals surface area (Å²) in [5.41, 5.74) is 0.394. The number of halogens is 3. The summed E-state index contributed by atoms with van der Waals surface area (Å²) in [7, 11) is 0. The summed E-state index contributed by atoms with van der Waals surface area (Å²) < 4.78 is 36.2. The largest absolute Gasteiger partial charge is 0.471 e. The van der Waals surface area contributed by atoms with Crippen molar-refractivity contribution in [3.05, 3.63) is 24.3 Å². The van der Waals surface area contributed by atoms with Gasteiger partial charge in [0.1, 0.15) is 0 Å². The Kier molecular flexibility index (Phi) is 5.57. The quantitative estimate of drug-likeness (QED) is 0.800. The molecule has 1 atom stereocenters. The third-order valence-corrected chi connectivity index (χ3v) is 2.65. The zero-order valence-corrected chi connectivity index (χ0v) is 11.5. The Labute approximate surface area is 119 Å². The molecular weight excluding hydrogens is 287 g/mol. The van der Waals surface area contributed by atoms with Crippen LogP contribution in [0.4, 0.5) is 29.3 Å². The molecule has 1 aromatic carbocycles. The average molecular weight is 303 g/mol. The van der Waals surface area contributed by atoms with Crippen LogP contribution in [0, 0.1) is 0 Å². The van der Waals surface area contributed by atoms with Crippen LogP contribution in [-0.4, -0.2) is 24.2 Å². The number of benzene rings is 1. The van der Waals surface area contributed by atoms with Gasteiger partial charge in [-0.05, 0) is 37.6 Å². The molecule has 0 aliphatic carbocycles. The minimum Gasteiger partial charge on any atom is -0.335 e. The molecule has 0 spiro atoms. The summed E-state index contributed by atoms with van der Waals surface area (Å²) in [4.78, 5) is 22.3. The average Bonchev–Trinajstić information content (AvgIpc) is 2.39. The van der Waals surface area contributed by atoms with Gasteiger partial charge >= 0.3 is 18.1 Å². The van der Waals surface area contributed by atoms with E-state index in [4.69, 9.17) is 0 Å². The molecule has 0 saturated heterocycles. The number of hydrogen-bond acceptors (Lipinski definition) is 2. The van der Waals surface area contributed by atoms with E-state index in [-0.39, 0.29) is 11.7 Å². The molecule has 1 unspecified atom stereocenters. The first kappa shape index (κ1) is 16.8. The monoisotopic (exact) mass is 303 g/mol. The van der Waals surface area contributed by atoms with E-state index in [1.165, 1.54) is 24.3 Å². The minimum atomic E-state index is -4.94. The molecule has 1 aromatic rings. The molecule has 0 aliphatic rings. The highest BCUT2D eigenvalue weighted by atomic mass is 19.4. The van der Waals surface area contributed by atoms with E-state index in [0.717, 1.165) is 6.42 Å². The van der Waals surface area contributed by atoms with Gasteiger partial charge in [0, 0.05) is 17.4 Å². The lowest BCUT2D eigenvalue weighted by Crippen LogP contribution is -2.35. The fraction of sp³-hybridized carbons (Fsp3) is 0.385. The van der Waals surface area contributed by atoms with Crippen LogP contribution < -0.4 is 16.0 Å². The number of nitrogens with one attached hydrogen (secondary N) is 3. The molecule has 0 fully saturated rings. The number of rotatable bonds is 4. The first-order valence-electron chi connectivity index (χ1n) is 6.28. The number of urea groups is 1. The van der Waals surface area contributed by atoms with Gasteiger partial charge in [0.15, 0.2) is 0 Å². The van der Waals surface area contributed by atoms with E-state index in [0.29, 0.717) is 5.69 Å². The number of amides is 3. The van der Waals surface area contributed by atoms with Crippen molar-refractivity contribution in [2.24, 2.45) is 0 Å². The summed E-state index contributed by atoms with van der Waals surface area (Å²) in [6, 6.07) is 4.92. The Morgan fingerprint density at radius 3 is 2.00 bits per heavy atom. The topological polar surface area (TPSA) is 70.2 Å². The minimum absolute atomic E-state index is 0.00907. The van der Waals surface area contributed by atoms with Crippen molar-refractivity contribution in [3.8, 4) is 0 Å². The molecule has 116 valence electrons. The molecular formula is C13H16F3N3O2. The second kappa shape index (κ2) is 6.96. The highest BCUT2D eigenvalue weighted by molar-refractivity contribution is 5.95. The van der Waals surface area contributed by atoms with Crippen molar-refractivity contribution in [2.75, 3.05) is 10.6 Å². The smallest absolute Gasteiger partial charge is 0.335 e. The lowest BCUT2D eigenvalue weighted by molar-refractivity contribution is -0.167. The third-order valence-electron chi connectivity index (χ3n) is 2.65. The zero-order chi connectivity index (χ0) is 16.0. The van der Waals surface area contributed by atoms with E-state index in [9.17, 15) is 22.8 Å². The lowest BCUT2D eigenvalue weighted by Gasteiger charge is -2.13. The highest BCUT2D eigenvalue weighted by Gasteiger charge is 2.38. The van der Waals surface area contributed by atoms with Crippen LogP contribution >= 0.6 is 0 Å². The van der Waals surface area contributed by atoms with E-state index < -0.39 is 18.1 Å². The molecule has 21 heavy (non-hydrogen) atoms. The number of anilines is 2. The van der Waals surface area contributed by atoms with Crippen molar-refractivity contribution in [1.82, 2.24) is 5.32 Å². The Morgan fingerprint density at radius 1 is 1.10 bits per heavy atom.